The summed E-state index contributed by atoms with van der Waals surface area (Å²) in [5, 5.41) is 21.8. The van der Waals surface area contributed by atoms with Crippen molar-refractivity contribution < 1.29 is 9.85 Å². The number of hydrogen-bond donors (Lipinski definition) is 2. The number of non-ortho nitro benzene ring substituents is 1. The summed E-state index contributed by atoms with van der Waals surface area (Å²) in [5.74, 6) is 5.27. The van der Waals surface area contributed by atoms with E-state index in [0.29, 0.717) is 15.5 Å². The number of rotatable bonds is 5. The molecule has 0 aliphatic carbocycles. The zero-order chi connectivity index (χ0) is 15.4. The van der Waals surface area contributed by atoms with Gasteiger partial charge >= 0.3 is 0 Å². The fraction of sp³-hybridized carbons (Fsp3) is 0. The summed E-state index contributed by atoms with van der Waals surface area (Å²) in [4.78, 5) is 21.7. The van der Waals surface area contributed by atoms with Crippen LogP contribution in [0.3, 0.4) is 0 Å². The highest BCUT2D eigenvalue weighted by Crippen LogP contribution is 2.37. The lowest BCUT2D eigenvalue weighted by molar-refractivity contribution is -0.387. The Morgan fingerprint density at radius 3 is 2.38 bits per heavy atom. The van der Waals surface area contributed by atoms with Crippen LogP contribution in [0.25, 0.3) is 0 Å². The molecule has 0 atom stereocenters. The smallest absolute Gasteiger partial charge is 0.283 e. The SMILES string of the molecule is NNc1cc(Sc2ccccc2[N+](=O)[O-])cc([N+](=O)[O-])c1. The average Bonchev–Trinajstić information content (AvgIpc) is 2.47. The Morgan fingerprint density at radius 1 is 1.05 bits per heavy atom. The Labute approximate surface area is 123 Å². The van der Waals surface area contributed by atoms with Gasteiger partial charge < -0.3 is 5.43 Å². The van der Waals surface area contributed by atoms with E-state index in [1.54, 1.807) is 24.3 Å². The zero-order valence-electron chi connectivity index (χ0n) is 10.6. The van der Waals surface area contributed by atoms with Gasteiger partial charge in [0.1, 0.15) is 0 Å². The number of nitro groups is 2. The molecule has 108 valence electrons. The molecule has 0 aliphatic heterocycles. The highest BCUT2D eigenvalue weighted by atomic mass is 32.2. The second-order valence-electron chi connectivity index (χ2n) is 3.94. The van der Waals surface area contributed by atoms with E-state index < -0.39 is 9.85 Å². The lowest BCUT2D eigenvalue weighted by Gasteiger charge is -2.06. The molecule has 0 bridgehead atoms. The van der Waals surface area contributed by atoms with Crippen molar-refractivity contribution in [2.75, 3.05) is 5.43 Å². The van der Waals surface area contributed by atoms with Crippen LogP contribution in [0.5, 0.6) is 0 Å². The molecule has 0 amide bonds. The number of nitro benzene ring substituents is 2. The van der Waals surface area contributed by atoms with E-state index in [9.17, 15) is 20.2 Å². The predicted molar refractivity (Wildman–Crippen MR) is 78.1 cm³/mol. The summed E-state index contributed by atoms with van der Waals surface area (Å²) in [5.41, 5.74) is 2.48. The van der Waals surface area contributed by atoms with Gasteiger partial charge in [0.15, 0.2) is 0 Å². The van der Waals surface area contributed by atoms with Gasteiger partial charge in [-0.3, -0.25) is 26.1 Å². The van der Waals surface area contributed by atoms with Gasteiger partial charge in [0, 0.05) is 23.1 Å². The number of hydrazine groups is 1. The van der Waals surface area contributed by atoms with Crippen LogP contribution >= 0.6 is 11.8 Å². The van der Waals surface area contributed by atoms with Gasteiger partial charge in [0.05, 0.1) is 20.4 Å². The number of nitrogens with one attached hydrogen (secondary N) is 1. The van der Waals surface area contributed by atoms with Crippen LogP contribution in [-0.2, 0) is 0 Å². The second kappa shape index (κ2) is 6.20. The zero-order valence-corrected chi connectivity index (χ0v) is 11.4. The summed E-state index contributed by atoms with van der Waals surface area (Å²) in [6, 6.07) is 10.4. The number of nitrogen functional groups attached to an aromatic ring is 1. The Bertz CT molecular complexity index is 707. The van der Waals surface area contributed by atoms with E-state index in [4.69, 9.17) is 5.84 Å². The third-order valence-corrected chi connectivity index (χ3v) is 3.60. The first-order chi connectivity index (χ1) is 10.0. The van der Waals surface area contributed by atoms with Crippen molar-refractivity contribution in [1.29, 1.82) is 0 Å². The predicted octanol–water partition coefficient (Wildman–Crippen LogP) is 2.94. The highest BCUT2D eigenvalue weighted by molar-refractivity contribution is 7.99. The maximum atomic E-state index is 11.0. The van der Waals surface area contributed by atoms with Crippen LogP contribution in [0, 0.1) is 20.2 Å². The van der Waals surface area contributed by atoms with Gasteiger partial charge in [0.2, 0.25) is 0 Å². The maximum absolute atomic E-state index is 11.0. The number of nitrogens with zero attached hydrogens (tertiary/aromatic N) is 2. The molecule has 0 unspecified atom stereocenters. The fourth-order valence-electron chi connectivity index (χ4n) is 1.65. The number of benzene rings is 2. The molecule has 8 nitrogen and oxygen atoms in total. The quantitative estimate of drug-likeness (QED) is 0.494. The molecule has 0 aliphatic rings. The standard InChI is InChI=1S/C12H10N4O4S/c13-14-8-5-9(15(17)18)7-10(6-8)21-12-4-2-1-3-11(12)16(19)20/h1-7,14H,13H2. The van der Waals surface area contributed by atoms with Gasteiger partial charge in [-0.05, 0) is 12.1 Å². The number of para-hydroxylation sites is 1. The third-order valence-electron chi connectivity index (χ3n) is 2.56. The van der Waals surface area contributed by atoms with E-state index in [2.05, 4.69) is 5.43 Å². The molecule has 0 saturated carbocycles. The first-order valence-corrected chi connectivity index (χ1v) is 6.50. The molecule has 3 N–H and O–H groups in total. The molecule has 0 spiro atoms. The van der Waals surface area contributed by atoms with E-state index in [-0.39, 0.29) is 11.4 Å². The minimum absolute atomic E-state index is 0.0590. The van der Waals surface area contributed by atoms with E-state index in [1.807, 2.05) is 0 Å². The van der Waals surface area contributed by atoms with Crippen LogP contribution in [-0.4, -0.2) is 9.85 Å². The van der Waals surface area contributed by atoms with Gasteiger partial charge in [-0.25, -0.2) is 0 Å². The summed E-state index contributed by atoms with van der Waals surface area (Å²) in [6.07, 6.45) is 0. The highest BCUT2D eigenvalue weighted by Gasteiger charge is 2.16. The number of hydrogen-bond acceptors (Lipinski definition) is 7. The molecule has 2 aromatic rings. The van der Waals surface area contributed by atoms with Crippen LogP contribution < -0.4 is 11.3 Å². The first kappa shape index (κ1) is 14.8. The Hall–Kier alpha value is -2.65. The summed E-state index contributed by atoms with van der Waals surface area (Å²) >= 11 is 1.06. The first-order valence-electron chi connectivity index (χ1n) is 5.68. The topological polar surface area (TPSA) is 124 Å². The van der Waals surface area contributed by atoms with Crippen molar-refractivity contribution in [2.45, 2.75) is 9.79 Å². The van der Waals surface area contributed by atoms with E-state index in [1.165, 1.54) is 18.2 Å². The molecule has 0 radical (unpaired) electrons. The molecule has 0 aromatic heterocycles. The van der Waals surface area contributed by atoms with Crippen molar-refractivity contribution in [3.63, 3.8) is 0 Å². The molecule has 0 fully saturated rings. The van der Waals surface area contributed by atoms with Gasteiger partial charge in [0.25, 0.3) is 11.4 Å². The second-order valence-corrected chi connectivity index (χ2v) is 5.06. The third kappa shape index (κ3) is 3.46. The summed E-state index contributed by atoms with van der Waals surface area (Å²) in [6.45, 7) is 0. The number of anilines is 1. The Balaban J connectivity index is 2.42. The maximum Gasteiger partial charge on any atom is 0.283 e. The van der Waals surface area contributed by atoms with Crippen molar-refractivity contribution in [3.05, 3.63) is 62.7 Å². The Morgan fingerprint density at radius 2 is 1.76 bits per heavy atom. The van der Waals surface area contributed by atoms with Crippen molar-refractivity contribution in [2.24, 2.45) is 5.84 Å². The molecule has 2 aromatic carbocycles. The molecule has 0 heterocycles. The average molecular weight is 306 g/mol. The van der Waals surface area contributed by atoms with Crippen molar-refractivity contribution in [3.8, 4) is 0 Å². The van der Waals surface area contributed by atoms with Crippen LogP contribution in [0.4, 0.5) is 17.1 Å². The molecule has 21 heavy (non-hydrogen) atoms. The largest absolute Gasteiger partial charge is 0.324 e. The summed E-state index contributed by atoms with van der Waals surface area (Å²) in [7, 11) is 0. The molecule has 9 heteroatoms. The van der Waals surface area contributed by atoms with Gasteiger partial charge in [-0.2, -0.15) is 0 Å². The van der Waals surface area contributed by atoms with Crippen LogP contribution in [0.15, 0.2) is 52.3 Å². The minimum Gasteiger partial charge on any atom is -0.324 e. The van der Waals surface area contributed by atoms with Crippen LogP contribution in [0.2, 0.25) is 0 Å². The van der Waals surface area contributed by atoms with Gasteiger partial charge in [-0.15, -0.1) is 0 Å². The monoisotopic (exact) mass is 306 g/mol. The molecular weight excluding hydrogens is 296 g/mol. The molecule has 2 rings (SSSR count). The lowest BCUT2D eigenvalue weighted by atomic mass is 10.3. The van der Waals surface area contributed by atoms with Gasteiger partial charge in [-0.1, -0.05) is 23.9 Å². The molecule has 0 saturated heterocycles. The van der Waals surface area contributed by atoms with E-state index >= 15 is 0 Å². The Kier molecular flexibility index (Phi) is 4.36. The molecular formula is C12H10N4O4S. The number of nitrogens with two attached hydrogens (primary N) is 1. The van der Waals surface area contributed by atoms with E-state index in [0.717, 1.165) is 11.8 Å². The normalized spacial score (nSPS) is 10.1. The summed E-state index contributed by atoms with van der Waals surface area (Å²) < 4.78 is 0. The van der Waals surface area contributed by atoms with Crippen LogP contribution in [0.1, 0.15) is 0 Å². The fourth-order valence-corrected chi connectivity index (χ4v) is 2.67. The van der Waals surface area contributed by atoms with Crippen molar-refractivity contribution in [1.82, 2.24) is 0 Å². The van der Waals surface area contributed by atoms with Crippen molar-refractivity contribution >= 4 is 28.8 Å². The minimum atomic E-state index is -0.551. The lowest BCUT2D eigenvalue weighted by Crippen LogP contribution is -2.07.